The third-order valence-corrected chi connectivity index (χ3v) is 6.09. The van der Waals surface area contributed by atoms with E-state index in [4.69, 9.17) is 0 Å². The van der Waals surface area contributed by atoms with Crippen molar-refractivity contribution in [3.8, 4) is 0 Å². The molecule has 3 N–H and O–H groups in total. The third-order valence-electron chi connectivity index (χ3n) is 6.09. The van der Waals surface area contributed by atoms with E-state index in [1.54, 1.807) is 0 Å². The van der Waals surface area contributed by atoms with E-state index in [0.29, 0.717) is 6.54 Å². The molecule has 0 heterocycles. The minimum atomic E-state index is -0.614. The maximum atomic E-state index is 11.2. The monoisotopic (exact) mass is 387 g/mol. The predicted octanol–water partition coefficient (Wildman–Crippen LogP) is 3.99. The van der Waals surface area contributed by atoms with E-state index < -0.39 is 12.2 Å². The Morgan fingerprint density at radius 3 is 1.90 bits per heavy atom. The molecule has 0 spiro atoms. The number of benzene rings is 3. The van der Waals surface area contributed by atoms with E-state index >= 15 is 0 Å². The third kappa shape index (κ3) is 4.27. The number of rotatable bonds is 6. The van der Waals surface area contributed by atoms with Gasteiger partial charge in [0.2, 0.25) is 0 Å². The molecule has 1 aliphatic carbocycles. The van der Waals surface area contributed by atoms with Gasteiger partial charge in [-0.25, -0.2) is 0 Å². The molecule has 0 aliphatic heterocycles. The highest BCUT2D eigenvalue weighted by Crippen LogP contribution is 2.36. The van der Waals surface area contributed by atoms with Crippen molar-refractivity contribution in [3.05, 3.63) is 107 Å². The van der Waals surface area contributed by atoms with Crippen LogP contribution in [0.3, 0.4) is 0 Å². The highest BCUT2D eigenvalue weighted by molar-refractivity contribution is 5.45. The van der Waals surface area contributed by atoms with Crippen LogP contribution >= 0.6 is 0 Å². The van der Waals surface area contributed by atoms with Gasteiger partial charge in [-0.15, -0.1) is 0 Å². The van der Waals surface area contributed by atoms with Crippen LogP contribution in [0.1, 0.15) is 46.8 Å². The summed E-state index contributed by atoms with van der Waals surface area (Å²) in [7, 11) is 0. The summed E-state index contributed by atoms with van der Waals surface area (Å²) in [4.78, 5) is 0. The molecular formula is C26H29NO2. The molecule has 0 saturated heterocycles. The Morgan fingerprint density at radius 2 is 1.31 bits per heavy atom. The number of nitrogens with one attached hydrogen (secondary N) is 1. The molecule has 0 saturated carbocycles. The van der Waals surface area contributed by atoms with Crippen LogP contribution in [0.25, 0.3) is 0 Å². The Morgan fingerprint density at radius 1 is 0.793 bits per heavy atom. The molecule has 3 aromatic rings. The van der Waals surface area contributed by atoms with Gasteiger partial charge >= 0.3 is 0 Å². The van der Waals surface area contributed by atoms with E-state index in [1.807, 2.05) is 37.3 Å². The minimum Gasteiger partial charge on any atom is -0.391 e. The fourth-order valence-corrected chi connectivity index (χ4v) is 4.46. The number of fused-ring (bicyclic) bond motifs is 2. The van der Waals surface area contributed by atoms with Crippen molar-refractivity contribution in [2.24, 2.45) is 0 Å². The maximum absolute atomic E-state index is 11.2. The maximum Gasteiger partial charge on any atom is 0.0940 e. The lowest BCUT2D eigenvalue weighted by molar-refractivity contribution is 0.110. The average Bonchev–Trinajstić information content (AvgIpc) is 2.94. The van der Waals surface area contributed by atoms with E-state index in [1.165, 1.54) is 22.3 Å². The number of aliphatic hydroxyl groups excluding tert-OH is 2. The molecule has 0 aromatic heterocycles. The van der Waals surface area contributed by atoms with Gasteiger partial charge < -0.3 is 15.5 Å². The van der Waals surface area contributed by atoms with E-state index in [-0.39, 0.29) is 12.0 Å². The fraction of sp³-hybridized carbons (Fsp3) is 0.308. The van der Waals surface area contributed by atoms with E-state index in [9.17, 15) is 10.2 Å². The molecule has 3 atom stereocenters. The summed E-state index contributed by atoms with van der Waals surface area (Å²) < 4.78 is 0. The smallest absolute Gasteiger partial charge is 0.0940 e. The van der Waals surface area contributed by atoms with Gasteiger partial charge in [-0.2, -0.15) is 0 Å². The molecule has 0 fully saturated rings. The Balaban J connectivity index is 1.54. The van der Waals surface area contributed by atoms with Gasteiger partial charge in [0.05, 0.1) is 12.2 Å². The van der Waals surface area contributed by atoms with Crippen LogP contribution < -0.4 is 5.32 Å². The van der Waals surface area contributed by atoms with Crippen molar-refractivity contribution in [1.82, 2.24) is 5.32 Å². The van der Waals surface area contributed by atoms with Crippen LogP contribution in [0.4, 0.5) is 0 Å². The summed E-state index contributed by atoms with van der Waals surface area (Å²) in [5.74, 6) is -0.0709. The minimum absolute atomic E-state index is 0.0709. The summed E-state index contributed by atoms with van der Waals surface area (Å²) in [6, 6.07) is 26.4. The van der Waals surface area contributed by atoms with Gasteiger partial charge in [-0.05, 0) is 47.6 Å². The first-order valence-corrected chi connectivity index (χ1v) is 10.4. The Bertz CT molecular complexity index is 893. The number of hydrogen-bond acceptors (Lipinski definition) is 3. The van der Waals surface area contributed by atoms with Crippen LogP contribution in [-0.4, -0.2) is 28.9 Å². The van der Waals surface area contributed by atoms with Crippen LogP contribution in [0.2, 0.25) is 0 Å². The molecule has 0 amide bonds. The second-order valence-corrected chi connectivity index (χ2v) is 8.00. The van der Waals surface area contributed by atoms with Crippen LogP contribution in [0.5, 0.6) is 0 Å². The molecule has 4 rings (SSSR count). The standard InChI is InChI=1S/C26H29NO2/c1-18(26(29)21-11-3-2-4-12-21)27-17-24(28)25-22-13-7-5-9-19(22)15-16-20-10-6-8-14-23(20)25/h2-14,18,24-29H,15-17H2,1H3. The Hall–Kier alpha value is -2.46. The Labute approximate surface area is 173 Å². The molecular weight excluding hydrogens is 358 g/mol. The zero-order chi connectivity index (χ0) is 20.2. The molecule has 3 aromatic carbocycles. The summed E-state index contributed by atoms with van der Waals surface area (Å²) in [5, 5.41) is 25.2. The van der Waals surface area contributed by atoms with Gasteiger partial charge in [0.15, 0.2) is 0 Å². The van der Waals surface area contributed by atoms with Crippen molar-refractivity contribution < 1.29 is 10.2 Å². The summed E-state index contributed by atoms with van der Waals surface area (Å²) >= 11 is 0. The first-order chi connectivity index (χ1) is 14.1. The van der Waals surface area contributed by atoms with Crippen molar-refractivity contribution in [2.45, 2.75) is 43.9 Å². The second-order valence-electron chi connectivity index (χ2n) is 8.00. The van der Waals surface area contributed by atoms with E-state index in [2.05, 4.69) is 53.8 Å². The van der Waals surface area contributed by atoms with Crippen molar-refractivity contribution in [1.29, 1.82) is 0 Å². The van der Waals surface area contributed by atoms with Gasteiger partial charge in [-0.1, -0.05) is 78.9 Å². The van der Waals surface area contributed by atoms with Crippen LogP contribution in [0, 0.1) is 0 Å². The van der Waals surface area contributed by atoms with Gasteiger partial charge in [0, 0.05) is 18.5 Å². The summed E-state index contributed by atoms with van der Waals surface area (Å²) in [6.07, 6.45) is 0.790. The lowest BCUT2D eigenvalue weighted by Gasteiger charge is -2.28. The topological polar surface area (TPSA) is 52.5 Å². The van der Waals surface area contributed by atoms with Crippen LogP contribution in [0.15, 0.2) is 78.9 Å². The summed E-state index contributed by atoms with van der Waals surface area (Å²) in [6.45, 7) is 2.37. The molecule has 3 unspecified atom stereocenters. The quantitative estimate of drug-likeness (QED) is 0.599. The van der Waals surface area contributed by atoms with E-state index in [0.717, 1.165) is 18.4 Å². The second kappa shape index (κ2) is 8.91. The lowest BCUT2D eigenvalue weighted by atomic mass is 9.84. The predicted molar refractivity (Wildman–Crippen MR) is 117 cm³/mol. The lowest BCUT2D eigenvalue weighted by Crippen LogP contribution is -2.40. The normalized spacial score (nSPS) is 16.9. The first-order valence-electron chi connectivity index (χ1n) is 10.4. The van der Waals surface area contributed by atoms with Gasteiger partial charge in [0.25, 0.3) is 0 Å². The highest BCUT2D eigenvalue weighted by atomic mass is 16.3. The molecule has 3 nitrogen and oxygen atoms in total. The zero-order valence-corrected chi connectivity index (χ0v) is 16.8. The molecule has 150 valence electrons. The van der Waals surface area contributed by atoms with Gasteiger partial charge in [-0.3, -0.25) is 0 Å². The molecule has 3 heteroatoms. The Kier molecular flexibility index (Phi) is 6.10. The number of hydrogen-bond donors (Lipinski definition) is 3. The highest BCUT2D eigenvalue weighted by Gasteiger charge is 2.29. The fourth-order valence-electron chi connectivity index (χ4n) is 4.46. The zero-order valence-electron chi connectivity index (χ0n) is 16.8. The SMILES string of the molecule is CC(NCC(O)C1c2ccccc2CCc2ccccc21)C(O)c1ccccc1. The van der Waals surface area contributed by atoms with Crippen LogP contribution in [-0.2, 0) is 12.8 Å². The largest absolute Gasteiger partial charge is 0.391 e. The van der Waals surface area contributed by atoms with Crippen molar-refractivity contribution in [3.63, 3.8) is 0 Å². The molecule has 0 bridgehead atoms. The molecule has 0 radical (unpaired) electrons. The molecule has 1 aliphatic rings. The summed E-state index contributed by atoms with van der Waals surface area (Å²) in [5.41, 5.74) is 5.92. The van der Waals surface area contributed by atoms with Crippen molar-refractivity contribution >= 4 is 0 Å². The molecule has 29 heavy (non-hydrogen) atoms. The number of aryl methyl sites for hydroxylation is 2. The number of aliphatic hydroxyl groups is 2. The van der Waals surface area contributed by atoms with Gasteiger partial charge in [0.1, 0.15) is 0 Å². The average molecular weight is 388 g/mol. The first kappa shape index (κ1) is 19.8. The van der Waals surface area contributed by atoms with Crippen molar-refractivity contribution in [2.75, 3.05) is 6.54 Å².